The second-order valence-corrected chi connectivity index (χ2v) is 6.51. The van der Waals surface area contributed by atoms with Gasteiger partial charge in [0, 0.05) is 40.3 Å². The van der Waals surface area contributed by atoms with Crippen LogP contribution in [-0.2, 0) is 9.59 Å². The molecule has 9 nitrogen and oxygen atoms in total. The van der Waals surface area contributed by atoms with Crippen molar-refractivity contribution in [1.82, 2.24) is 19.6 Å². The summed E-state index contributed by atoms with van der Waals surface area (Å²) in [6.45, 7) is 1.83. The number of rotatable bonds is 3. The zero-order chi connectivity index (χ0) is 18.8. The van der Waals surface area contributed by atoms with E-state index in [0.717, 1.165) is 4.90 Å². The molecular weight excluding hydrogens is 340 g/mol. The van der Waals surface area contributed by atoms with Crippen LogP contribution in [0.3, 0.4) is 0 Å². The maximum absolute atomic E-state index is 12.6. The molecule has 2 aliphatic rings. The van der Waals surface area contributed by atoms with E-state index >= 15 is 0 Å². The number of nitrogens with zero attached hydrogens (tertiary/aromatic N) is 4. The Morgan fingerprint density at radius 1 is 1.12 bits per heavy atom. The molecule has 1 atom stereocenters. The van der Waals surface area contributed by atoms with Crippen molar-refractivity contribution in [3.8, 4) is 0 Å². The Labute approximate surface area is 151 Å². The number of carbonyl (C=O) groups excluding carboxylic acids is 4. The number of likely N-dealkylation sites (N-methyl/N-ethyl adjacent to an activating group) is 2. The first kappa shape index (κ1) is 18.0. The summed E-state index contributed by atoms with van der Waals surface area (Å²) in [5.41, 5.74) is 0. The van der Waals surface area contributed by atoms with Crippen molar-refractivity contribution in [2.75, 3.05) is 40.3 Å². The zero-order valence-corrected chi connectivity index (χ0v) is 14.9. The number of carbonyl (C=O) groups is 4. The van der Waals surface area contributed by atoms with E-state index in [9.17, 15) is 19.2 Å². The highest BCUT2D eigenvalue weighted by Crippen LogP contribution is 2.18. The van der Waals surface area contributed by atoms with Crippen LogP contribution >= 0.6 is 0 Å². The van der Waals surface area contributed by atoms with Gasteiger partial charge in [-0.1, -0.05) is 0 Å². The summed E-state index contributed by atoms with van der Waals surface area (Å²) in [6, 6.07) is 2.11. The van der Waals surface area contributed by atoms with E-state index < -0.39 is 12.1 Å². The number of furan rings is 1. The van der Waals surface area contributed by atoms with E-state index in [1.165, 1.54) is 25.3 Å². The molecule has 0 unspecified atom stereocenters. The van der Waals surface area contributed by atoms with Gasteiger partial charge in [0.2, 0.25) is 5.91 Å². The smallest absolute Gasteiger partial charge is 0.326 e. The Morgan fingerprint density at radius 3 is 2.42 bits per heavy atom. The van der Waals surface area contributed by atoms with E-state index in [1.807, 2.05) is 0 Å². The highest BCUT2D eigenvalue weighted by atomic mass is 16.3. The van der Waals surface area contributed by atoms with Crippen LogP contribution in [0, 0.1) is 0 Å². The minimum atomic E-state index is -0.760. The van der Waals surface area contributed by atoms with Crippen molar-refractivity contribution in [3.05, 3.63) is 24.2 Å². The summed E-state index contributed by atoms with van der Waals surface area (Å²) in [5.74, 6) is -0.465. The summed E-state index contributed by atoms with van der Waals surface area (Å²) in [7, 11) is 2.93. The molecule has 0 spiro atoms. The van der Waals surface area contributed by atoms with Gasteiger partial charge >= 0.3 is 6.03 Å². The lowest BCUT2D eigenvalue weighted by Gasteiger charge is -2.24. The SMILES string of the molecule is CN1C(=O)[C@@H](CC(=O)N2CCCN(C(=O)c3ccco3)CC2)N(C)C1=O. The van der Waals surface area contributed by atoms with Crippen LogP contribution in [0.25, 0.3) is 0 Å². The molecule has 2 aliphatic heterocycles. The first-order chi connectivity index (χ1) is 12.4. The maximum Gasteiger partial charge on any atom is 0.326 e. The lowest BCUT2D eigenvalue weighted by atomic mass is 10.1. The minimum absolute atomic E-state index is 0.0441. The van der Waals surface area contributed by atoms with Crippen LogP contribution in [0.15, 0.2) is 22.8 Å². The fraction of sp³-hybridized carbons (Fsp3) is 0.529. The minimum Gasteiger partial charge on any atom is -0.459 e. The van der Waals surface area contributed by atoms with Gasteiger partial charge in [-0.2, -0.15) is 0 Å². The Hall–Kier alpha value is -2.84. The van der Waals surface area contributed by atoms with Crippen LogP contribution in [0.5, 0.6) is 0 Å². The number of amides is 5. The number of hydrogen-bond acceptors (Lipinski definition) is 5. The summed E-state index contributed by atoms with van der Waals surface area (Å²) in [6.07, 6.45) is 2.05. The maximum atomic E-state index is 12.6. The number of hydrogen-bond donors (Lipinski definition) is 0. The fourth-order valence-corrected chi connectivity index (χ4v) is 3.30. The molecule has 1 aromatic heterocycles. The van der Waals surface area contributed by atoms with E-state index in [4.69, 9.17) is 4.42 Å². The third-order valence-electron chi connectivity index (χ3n) is 4.91. The highest BCUT2D eigenvalue weighted by molar-refractivity contribution is 6.05. The van der Waals surface area contributed by atoms with Gasteiger partial charge in [0.05, 0.1) is 12.7 Å². The first-order valence-corrected chi connectivity index (χ1v) is 8.55. The van der Waals surface area contributed by atoms with Gasteiger partial charge in [-0.25, -0.2) is 4.79 Å². The third kappa shape index (κ3) is 3.29. The van der Waals surface area contributed by atoms with Gasteiger partial charge in [0.25, 0.3) is 11.8 Å². The quantitative estimate of drug-likeness (QED) is 0.718. The standard InChI is InChI=1S/C17H22N4O5/c1-18-12(15(23)19(2)17(18)25)11-14(22)20-6-4-7-21(9-8-20)16(24)13-5-3-10-26-13/h3,5,10,12H,4,6-9,11H2,1-2H3/t12-/m1/s1. The predicted octanol–water partition coefficient (Wildman–Crippen LogP) is 0.237. The van der Waals surface area contributed by atoms with Gasteiger partial charge in [0.1, 0.15) is 6.04 Å². The molecular formula is C17H22N4O5. The lowest BCUT2D eigenvalue weighted by molar-refractivity contribution is -0.136. The molecule has 3 heterocycles. The van der Waals surface area contributed by atoms with Gasteiger partial charge in [-0.15, -0.1) is 0 Å². The Kier molecular flexibility index (Phi) is 4.97. The molecule has 9 heteroatoms. The lowest BCUT2D eigenvalue weighted by Crippen LogP contribution is -2.41. The highest BCUT2D eigenvalue weighted by Gasteiger charge is 2.42. The van der Waals surface area contributed by atoms with E-state index in [2.05, 4.69) is 0 Å². The van der Waals surface area contributed by atoms with Gasteiger partial charge in [0.15, 0.2) is 5.76 Å². The van der Waals surface area contributed by atoms with E-state index in [1.54, 1.807) is 21.9 Å². The molecule has 0 radical (unpaired) electrons. The van der Waals surface area contributed by atoms with Crippen LogP contribution < -0.4 is 0 Å². The Bertz CT molecular complexity index is 717. The van der Waals surface area contributed by atoms with Crippen LogP contribution in [0.1, 0.15) is 23.4 Å². The molecule has 5 amide bonds. The summed E-state index contributed by atoms with van der Waals surface area (Å²) in [5, 5.41) is 0. The molecule has 0 aromatic carbocycles. The van der Waals surface area contributed by atoms with E-state index in [-0.39, 0.29) is 29.9 Å². The van der Waals surface area contributed by atoms with Crippen molar-refractivity contribution in [2.24, 2.45) is 0 Å². The topological polar surface area (TPSA) is 94.4 Å². The second kappa shape index (κ2) is 7.19. The molecule has 26 heavy (non-hydrogen) atoms. The molecule has 140 valence electrons. The molecule has 2 fully saturated rings. The Morgan fingerprint density at radius 2 is 1.81 bits per heavy atom. The average Bonchev–Trinajstić information content (AvgIpc) is 3.13. The molecule has 3 rings (SSSR count). The van der Waals surface area contributed by atoms with Gasteiger partial charge in [-0.05, 0) is 18.6 Å². The number of imide groups is 1. The molecule has 2 saturated heterocycles. The molecule has 1 aromatic rings. The fourth-order valence-electron chi connectivity index (χ4n) is 3.30. The second-order valence-electron chi connectivity index (χ2n) is 6.51. The summed E-state index contributed by atoms with van der Waals surface area (Å²) in [4.78, 5) is 54.6. The predicted molar refractivity (Wildman–Crippen MR) is 90.1 cm³/mol. The van der Waals surface area contributed by atoms with Crippen molar-refractivity contribution in [3.63, 3.8) is 0 Å². The van der Waals surface area contributed by atoms with E-state index in [0.29, 0.717) is 32.6 Å². The van der Waals surface area contributed by atoms with Crippen molar-refractivity contribution >= 4 is 23.8 Å². The van der Waals surface area contributed by atoms with Crippen molar-refractivity contribution in [1.29, 1.82) is 0 Å². The molecule has 0 bridgehead atoms. The third-order valence-corrected chi connectivity index (χ3v) is 4.91. The summed E-state index contributed by atoms with van der Waals surface area (Å²) < 4.78 is 5.14. The monoisotopic (exact) mass is 362 g/mol. The summed E-state index contributed by atoms with van der Waals surface area (Å²) >= 11 is 0. The van der Waals surface area contributed by atoms with Crippen molar-refractivity contribution in [2.45, 2.75) is 18.9 Å². The largest absolute Gasteiger partial charge is 0.459 e. The zero-order valence-electron chi connectivity index (χ0n) is 14.9. The van der Waals surface area contributed by atoms with Crippen molar-refractivity contribution < 1.29 is 23.6 Å². The van der Waals surface area contributed by atoms with Gasteiger partial charge < -0.3 is 19.1 Å². The van der Waals surface area contributed by atoms with Crippen LogP contribution in [-0.4, -0.2) is 89.7 Å². The molecule has 0 aliphatic carbocycles. The Balaban J connectivity index is 1.59. The molecule has 0 saturated carbocycles. The van der Waals surface area contributed by atoms with Gasteiger partial charge in [-0.3, -0.25) is 19.3 Å². The first-order valence-electron chi connectivity index (χ1n) is 8.55. The average molecular weight is 362 g/mol. The normalized spacial score (nSPS) is 21.4. The van der Waals surface area contributed by atoms with Crippen LogP contribution in [0.4, 0.5) is 4.79 Å². The number of urea groups is 1. The van der Waals surface area contributed by atoms with Crippen LogP contribution in [0.2, 0.25) is 0 Å². The molecule has 0 N–H and O–H groups in total.